The average Bonchev–Trinajstić information content (AvgIpc) is 2.80. The second kappa shape index (κ2) is 3.89. The molecule has 1 aliphatic carbocycles. The maximum Gasteiger partial charge on any atom is 0.310 e. The molecule has 1 saturated carbocycles. The predicted octanol–water partition coefficient (Wildman–Crippen LogP) is 2.53. The van der Waals surface area contributed by atoms with Gasteiger partial charge in [-0.2, -0.15) is 0 Å². The molecule has 2 unspecified atom stereocenters. The third-order valence-electron chi connectivity index (χ3n) is 2.29. The van der Waals surface area contributed by atoms with Crippen LogP contribution in [0.2, 0.25) is 0 Å². The first kappa shape index (κ1) is 8.74. The number of rotatable bonds is 2. The van der Waals surface area contributed by atoms with Crippen molar-refractivity contribution in [2.24, 2.45) is 5.92 Å². The molecular formula is C13H17NO2. The number of esters is 1. The minimum atomic E-state index is -1.54. The zero-order valence-electron chi connectivity index (χ0n) is 11.7. The highest BCUT2D eigenvalue weighted by molar-refractivity contribution is 5.77. The second-order valence-corrected chi connectivity index (χ2v) is 4.94. The third-order valence-corrected chi connectivity index (χ3v) is 2.29. The standard InChI is InChI=1S/C13H17NO2/c1-13(2,3)16-12(15)11-7-10(11)9-5-4-6-14-8-9/h4-6,8,10-11H,7H2,1-3H3/i7D2. The van der Waals surface area contributed by atoms with Gasteiger partial charge in [-0.1, -0.05) is 6.07 Å². The Labute approximate surface area is 98.6 Å². The van der Waals surface area contributed by atoms with Crippen molar-refractivity contribution in [2.75, 3.05) is 0 Å². The van der Waals surface area contributed by atoms with E-state index >= 15 is 0 Å². The van der Waals surface area contributed by atoms with Crippen molar-refractivity contribution in [2.45, 2.75) is 38.7 Å². The van der Waals surface area contributed by atoms with Gasteiger partial charge in [0.2, 0.25) is 0 Å². The zero-order valence-corrected chi connectivity index (χ0v) is 9.73. The molecule has 0 saturated heterocycles. The van der Waals surface area contributed by atoms with E-state index in [1.54, 1.807) is 45.3 Å². The van der Waals surface area contributed by atoms with Crippen LogP contribution < -0.4 is 0 Å². The number of ether oxygens (including phenoxy) is 1. The Morgan fingerprint density at radius 3 is 2.94 bits per heavy atom. The summed E-state index contributed by atoms with van der Waals surface area (Å²) in [5.41, 5.74) is 0.160. The van der Waals surface area contributed by atoms with Crippen molar-refractivity contribution in [3.63, 3.8) is 0 Å². The molecule has 3 heteroatoms. The Morgan fingerprint density at radius 1 is 1.62 bits per heavy atom. The minimum Gasteiger partial charge on any atom is -0.460 e. The monoisotopic (exact) mass is 221 g/mol. The van der Waals surface area contributed by atoms with Gasteiger partial charge in [-0.05, 0) is 44.7 Å². The third kappa shape index (κ3) is 2.60. The summed E-state index contributed by atoms with van der Waals surface area (Å²) in [6, 6.07) is 3.54. The van der Waals surface area contributed by atoms with Crippen molar-refractivity contribution in [1.82, 2.24) is 4.98 Å². The molecule has 86 valence electrons. The Balaban J connectivity index is 2.15. The van der Waals surface area contributed by atoms with E-state index in [0.29, 0.717) is 0 Å². The quantitative estimate of drug-likeness (QED) is 0.720. The summed E-state index contributed by atoms with van der Waals surface area (Å²) in [6.45, 7) is 5.34. The van der Waals surface area contributed by atoms with Crippen LogP contribution in [0.15, 0.2) is 24.5 Å². The fraction of sp³-hybridized carbons (Fsp3) is 0.538. The SMILES string of the molecule is [2H]C1([2H])C(C(=O)OC(C)(C)C)C1c1cccnc1. The van der Waals surface area contributed by atoms with E-state index in [4.69, 9.17) is 7.48 Å². The molecule has 2 atom stereocenters. The van der Waals surface area contributed by atoms with Crippen molar-refractivity contribution < 1.29 is 12.3 Å². The van der Waals surface area contributed by atoms with Crippen LogP contribution >= 0.6 is 0 Å². The second-order valence-electron chi connectivity index (χ2n) is 4.94. The van der Waals surface area contributed by atoms with Crippen LogP contribution in [-0.4, -0.2) is 16.6 Å². The van der Waals surface area contributed by atoms with Gasteiger partial charge in [-0.3, -0.25) is 9.78 Å². The van der Waals surface area contributed by atoms with Crippen molar-refractivity contribution >= 4 is 5.97 Å². The largest absolute Gasteiger partial charge is 0.460 e. The first-order valence-corrected chi connectivity index (χ1v) is 5.36. The van der Waals surface area contributed by atoms with E-state index in [-0.39, 0.29) is 0 Å². The van der Waals surface area contributed by atoms with Gasteiger partial charge in [-0.25, -0.2) is 0 Å². The smallest absolute Gasteiger partial charge is 0.310 e. The normalized spacial score (nSPS) is 28.9. The molecule has 0 aliphatic heterocycles. The first-order chi connectivity index (χ1) is 8.23. The summed E-state index contributed by atoms with van der Waals surface area (Å²) in [5.74, 6) is -1.64. The van der Waals surface area contributed by atoms with Gasteiger partial charge < -0.3 is 4.74 Å². The van der Waals surface area contributed by atoms with Gasteiger partial charge in [-0.15, -0.1) is 0 Å². The lowest BCUT2D eigenvalue weighted by Crippen LogP contribution is -2.25. The lowest BCUT2D eigenvalue weighted by molar-refractivity contribution is -0.156. The number of carbonyl (C=O) groups is 1. The summed E-state index contributed by atoms with van der Waals surface area (Å²) >= 11 is 0. The van der Waals surface area contributed by atoms with Gasteiger partial charge in [0.25, 0.3) is 0 Å². The summed E-state index contributed by atoms with van der Waals surface area (Å²) in [5, 5.41) is 0. The molecule has 1 aliphatic rings. The van der Waals surface area contributed by atoms with Crippen LogP contribution in [0.5, 0.6) is 0 Å². The van der Waals surface area contributed by atoms with Gasteiger partial charge >= 0.3 is 5.97 Å². The highest BCUT2D eigenvalue weighted by Gasteiger charge is 2.46. The van der Waals surface area contributed by atoms with Crippen LogP contribution in [0.4, 0.5) is 0 Å². The van der Waals surface area contributed by atoms with Crippen LogP contribution in [0.3, 0.4) is 0 Å². The minimum absolute atomic E-state index is 0.443. The predicted molar refractivity (Wildman–Crippen MR) is 60.9 cm³/mol. The van der Waals surface area contributed by atoms with Gasteiger partial charge in [0.05, 0.1) is 5.92 Å². The molecule has 0 bridgehead atoms. The Morgan fingerprint density at radius 2 is 2.38 bits per heavy atom. The van der Waals surface area contributed by atoms with Crippen LogP contribution in [0.1, 0.15) is 41.4 Å². The Kier molecular flexibility index (Phi) is 2.12. The first-order valence-electron chi connectivity index (χ1n) is 6.36. The molecule has 0 N–H and O–H groups in total. The van der Waals surface area contributed by atoms with Gasteiger partial charge in [0.1, 0.15) is 5.60 Å². The van der Waals surface area contributed by atoms with E-state index in [9.17, 15) is 4.79 Å². The van der Waals surface area contributed by atoms with E-state index in [1.807, 2.05) is 0 Å². The number of aromatic nitrogens is 1. The van der Waals surface area contributed by atoms with Crippen molar-refractivity contribution in [3.8, 4) is 0 Å². The van der Waals surface area contributed by atoms with Crippen molar-refractivity contribution in [3.05, 3.63) is 30.1 Å². The molecule has 3 nitrogen and oxygen atoms in total. The van der Waals surface area contributed by atoms with Crippen molar-refractivity contribution in [1.29, 1.82) is 0 Å². The molecule has 1 fully saturated rings. The van der Waals surface area contributed by atoms with Crippen LogP contribution in [-0.2, 0) is 9.53 Å². The lowest BCUT2D eigenvalue weighted by Gasteiger charge is -2.19. The van der Waals surface area contributed by atoms with Crippen LogP contribution in [0, 0.1) is 5.92 Å². The van der Waals surface area contributed by atoms with E-state index < -0.39 is 29.8 Å². The number of nitrogens with zero attached hydrogens (tertiary/aromatic N) is 1. The Bertz CT molecular complexity index is 454. The molecule has 0 spiro atoms. The highest BCUT2D eigenvalue weighted by Crippen LogP contribution is 2.48. The number of hydrogen-bond donors (Lipinski definition) is 0. The van der Waals surface area contributed by atoms with E-state index in [2.05, 4.69) is 4.98 Å². The molecule has 1 aromatic heterocycles. The van der Waals surface area contributed by atoms with E-state index in [0.717, 1.165) is 5.56 Å². The molecule has 16 heavy (non-hydrogen) atoms. The van der Waals surface area contributed by atoms with E-state index in [1.165, 1.54) is 0 Å². The number of hydrogen-bond acceptors (Lipinski definition) is 3. The maximum atomic E-state index is 11.9. The number of carbonyl (C=O) groups excluding carboxylic acids is 1. The van der Waals surface area contributed by atoms with Gasteiger partial charge in [0.15, 0.2) is 0 Å². The summed E-state index contributed by atoms with van der Waals surface area (Å²) in [7, 11) is 0. The highest BCUT2D eigenvalue weighted by atomic mass is 16.6. The molecule has 0 amide bonds. The molecular weight excluding hydrogens is 202 g/mol. The number of pyridine rings is 1. The molecule has 2 rings (SSSR count). The van der Waals surface area contributed by atoms with Crippen LogP contribution in [0.25, 0.3) is 0 Å². The van der Waals surface area contributed by atoms with Gasteiger partial charge in [0, 0.05) is 15.1 Å². The fourth-order valence-electron chi connectivity index (χ4n) is 1.56. The Hall–Kier alpha value is -1.38. The molecule has 1 heterocycles. The topological polar surface area (TPSA) is 39.2 Å². The summed E-state index contributed by atoms with van der Waals surface area (Å²) in [4.78, 5) is 15.9. The average molecular weight is 221 g/mol. The summed E-state index contributed by atoms with van der Waals surface area (Å²) < 4.78 is 21.0. The zero-order chi connectivity index (χ0) is 13.6. The lowest BCUT2D eigenvalue weighted by atomic mass is 10.1. The molecule has 0 radical (unpaired) electrons. The maximum absolute atomic E-state index is 11.9. The fourth-order valence-corrected chi connectivity index (χ4v) is 1.56. The molecule has 1 aromatic rings. The molecule has 0 aromatic carbocycles. The summed E-state index contributed by atoms with van der Waals surface area (Å²) in [6.07, 6.45) is 1.70.